The molecule has 0 aliphatic rings. The Hall–Kier alpha value is -2.21. The van der Waals surface area contributed by atoms with Gasteiger partial charge in [-0.2, -0.15) is 18.4 Å². The molecule has 1 N–H and O–H groups in total. The number of sulfonamides is 1. The first kappa shape index (κ1) is 15.2. The lowest BCUT2D eigenvalue weighted by Gasteiger charge is -2.06. The highest BCUT2D eigenvalue weighted by Gasteiger charge is 2.12. The summed E-state index contributed by atoms with van der Waals surface area (Å²) in [6.45, 7) is 3.47. The van der Waals surface area contributed by atoms with Crippen molar-refractivity contribution in [3.05, 3.63) is 65.5 Å². The maximum absolute atomic E-state index is 13.1. The maximum Gasteiger partial charge on any atom is 0.276 e. The number of rotatable bonds is 4. The first-order chi connectivity index (χ1) is 9.88. The molecule has 0 saturated heterocycles. The van der Waals surface area contributed by atoms with Gasteiger partial charge in [0.25, 0.3) is 10.0 Å². The van der Waals surface area contributed by atoms with Crippen LogP contribution in [0.5, 0.6) is 0 Å². The standard InChI is InChI=1S/C15H15FN2O2S/c1-11-6-8-15(9-7-11)21(19,20)18-17-12(2)13-4-3-5-14(16)10-13/h3-10,18H,1-2H3. The molecule has 0 atom stereocenters. The number of aryl methyl sites for hydroxylation is 1. The molecular formula is C15H15FN2O2S. The highest BCUT2D eigenvalue weighted by molar-refractivity contribution is 7.89. The van der Waals surface area contributed by atoms with E-state index in [1.807, 2.05) is 6.92 Å². The zero-order chi connectivity index (χ0) is 15.5. The molecule has 0 fully saturated rings. The van der Waals surface area contributed by atoms with Crippen molar-refractivity contribution in [2.45, 2.75) is 18.7 Å². The second kappa shape index (κ2) is 6.05. The van der Waals surface area contributed by atoms with E-state index in [0.29, 0.717) is 11.3 Å². The average Bonchev–Trinajstić information content (AvgIpc) is 2.45. The first-order valence-electron chi connectivity index (χ1n) is 6.27. The van der Waals surface area contributed by atoms with Gasteiger partial charge in [-0.3, -0.25) is 0 Å². The van der Waals surface area contributed by atoms with E-state index in [4.69, 9.17) is 0 Å². The summed E-state index contributed by atoms with van der Waals surface area (Å²) in [5.41, 5.74) is 1.86. The molecule has 0 spiro atoms. The Morgan fingerprint density at radius 3 is 2.43 bits per heavy atom. The van der Waals surface area contributed by atoms with Gasteiger partial charge in [-0.05, 0) is 38.1 Å². The highest BCUT2D eigenvalue weighted by atomic mass is 32.2. The molecule has 21 heavy (non-hydrogen) atoms. The molecule has 110 valence electrons. The SMILES string of the molecule is CC(=NNS(=O)(=O)c1ccc(C)cc1)c1cccc(F)c1. The minimum atomic E-state index is -3.72. The van der Waals surface area contributed by atoms with E-state index >= 15 is 0 Å². The van der Waals surface area contributed by atoms with Gasteiger partial charge in [0.05, 0.1) is 10.6 Å². The molecular weight excluding hydrogens is 291 g/mol. The molecule has 2 aromatic carbocycles. The Bertz CT molecular complexity index is 769. The molecule has 0 radical (unpaired) electrons. The molecule has 0 bridgehead atoms. The van der Waals surface area contributed by atoms with Gasteiger partial charge in [0, 0.05) is 5.56 Å². The molecule has 0 aliphatic heterocycles. The molecule has 0 amide bonds. The van der Waals surface area contributed by atoms with E-state index in [0.717, 1.165) is 5.56 Å². The topological polar surface area (TPSA) is 58.5 Å². The van der Waals surface area contributed by atoms with Crippen LogP contribution in [0.15, 0.2) is 58.5 Å². The summed E-state index contributed by atoms with van der Waals surface area (Å²) in [6, 6.07) is 12.2. The van der Waals surface area contributed by atoms with Crippen LogP contribution in [0.25, 0.3) is 0 Å². The summed E-state index contributed by atoms with van der Waals surface area (Å²) in [7, 11) is -3.72. The third-order valence-electron chi connectivity index (χ3n) is 2.91. The normalized spacial score (nSPS) is 12.2. The predicted molar refractivity (Wildman–Crippen MR) is 80.1 cm³/mol. The molecule has 0 unspecified atom stereocenters. The molecule has 4 nitrogen and oxygen atoms in total. The fourth-order valence-electron chi connectivity index (χ4n) is 1.68. The van der Waals surface area contributed by atoms with E-state index in [1.165, 1.54) is 30.3 Å². The van der Waals surface area contributed by atoms with E-state index in [9.17, 15) is 12.8 Å². The highest BCUT2D eigenvalue weighted by Crippen LogP contribution is 2.10. The van der Waals surface area contributed by atoms with Gasteiger partial charge >= 0.3 is 0 Å². The zero-order valence-electron chi connectivity index (χ0n) is 11.7. The summed E-state index contributed by atoms with van der Waals surface area (Å²) in [4.78, 5) is 2.28. The van der Waals surface area contributed by atoms with Crippen LogP contribution < -0.4 is 4.83 Å². The fourth-order valence-corrected chi connectivity index (χ4v) is 2.53. The van der Waals surface area contributed by atoms with Crippen molar-refractivity contribution in [2.75, 3.05) is 0 Å². The number of hydrazone groups is 1. The number of hydrogen-bond acceptors (Lipinski definition) is 3. The Kier molecular flexibility index (Phi) is 4.37. The lowest BCUT2D eigenvalue weighted by molar-refractivity contribution is 0.584. The van der Waals surface area contributed by atoms with Gasteiger partial charge in [-0.25, -0.2) is 4.39 Å². The zero-order valence-corrected chi connectivity index (χ0v) is 12.5. The predicted octanol–water partition coefficient (Wildman–Crippen LogP) is 2.84. The second-order valence-electron chi connectivity index (χ2n) is 4.62. The van der Waals surface area contributed by atoms with Crippen molar-refractivity contribution < 1.29 is 12.8 Å². The van der Waals surface area contributed by atoms with E-state index in [-0.39, 0.29) is 4.90 Å². The maximum atomic E-state index is 13.1. The summed E-state index contributed by atoms with van der Waals surface area (Å²) < 4.78 is 37.2. The molecule has 0 aromatic heterocycles. The first-order valence-corrected chi connectivity index (χ1v) is 7.75. The van der Waals surface area contributed by atoms with Gasteiger partial charge in [0.15, 0.2) is 0 Å². The lowest BCUT2D eigenvalue weighted by atomic mass is 10.1. The lowest BCUT2D eigenvalue weighted by Crippen LogP contribution is -2.20. The molecule has 2 aromatic rings. The molecule has 0 heterocycles. The Balaban J connectivity index is 2.21. The molecule has 2 rings (SSSR count). The fraction of sp³-hybridized carbons (Fsp3) is 0.133. The Labute approximate surface area is 123 Å². The third kappa shape index (κ3) is 3.88. The van der Waals surface area contributed by atoms with Gasteiger partial charge in [0.2, 0.25) is 0 Å². The number of hydrogen-bond donors (Lipinski definition) is 1. The van der Waals surface area contributed by atoms with Crippen LogP contribution in [-0.2, 0) is 10.0 Å². The number of benzene rings is 2. The Morgan fingerprint density at radius 2 is 1.81 bits per heavy atom. The van der Waals surface area contributed by atoms with E-state index in [2.05, 4.69) is 9.93 Å². The number of halogens is 1. The van der Waals surface area contributed by atoms with Crippen LogP contribution in [-0.4, -0.2) is 14.1 Å². The van der Waals surface area contributed by atoms with Crippen molar-refractivity contribution in [1.82, 2.24) is 4.83 Å². The quantitative estimate of drug-likeness (QED) is 0.697. The van der Waals surface area contributed by atoms with Crippen LogP contribution in [0, 0.1) is 12.7 Å². The monoisotopic (exact) mass is 306 g/mol. The van der Waals surface area contributed by atoms with Crippen molar-refractivity contribution in [3.8, 4) is 0 Å². The van der Waals surface area contributed by atoms with Gasteiger partial charge in [-0.15, -0.1) is 0 Å². The van der Waals surface area contributed by atoms with Crippen LogP contribution >= 0.6 is 0 Å². The van der Waals surface area contributed by atoms with E-state index < -0.39 is 15.8 Å². The largest absolute Gasteiger partial charge is 0.276 e. The van der Waals surface area contributed by atoms with Gasteiger partial charge in [-0.1, -0.05) is 29.8 Å². The third-order valence-corrected chi connectivity index (χ3v) is 4.13. The Morgan fingerprint density at radius 1 is 1.14 bits per heavy atom. The summed E-state index contributed by atoms with van der Waals surface area (Å²) in [5.74, 6) is -0.400. The van der Waals surface area contributed by atoms with Crippen LogP contribution in [0.4, 0.5) is 4.39 Å². The van der Waals surface area contributed by atoms with Crippen molar-refractivity contribution in [3.63, 3.8) is 0 Å². The molecule has 0 aliphatic carbocycles. The molecule has 0 saturated carbocycles. The number of nitrogens with one attached hydrogen (secondary N) is 1. The van der Waals surface area contributed by atoms with E-state index in [1.54, 1.807) is 25.1 Å². The summed E-state index contributed by atoms with van der Waals surface area (Å²) in [5, 5.41) is 3.82. The molecule has 6 heteroatoms. The van der Waals surface area contributed by atoms with Crippen LogP contribution in [0.3, 0.4) is 0 Å². The summed E-state index contributed by atoms with van der Waals surface area (Å²) in [6.07, 6.45) is 0. The van der Waals surface area contributed by atoms with Crippen LogP contribution in [0.2, 0.25) is 0 Å². The average molecular weight is 306 g/mol. The van der Waals surface area contributed by atoms with Crippen molar-refractivity contribution in [1.29, 1.82) is 0 Å². The minimum Gasteiger partial charge on any atom is -0.207 e. The van der Waals surface area contributed by atoms with Crippen molar-refractivity contribution in [2.24, 2.45) is 5.10 Å². The number of nitrogens with zero attached hydrogens (tertiary/aromatic N) is 1. The second-order valence-corrected chi connectivity index (χ2v) is 6.28. The van der Waals surface area contributed by atoms with Crippen LogP contribution in [0.1, 0.15) is 18.1 Å². The van der Waals surface area contributed by atoms with Gasteiger partial charge < -0.3 is 0 Å². The summed E-state index contributed by atoms with van der Waals surface area (Å²) >= 11 is 0. The van der Waals surface area contributed by atoms with Crippen molar-refractivity contribution >= 4 is 15.7 Å². The smallest absolute Gasteiger partial charge is 0.207 e. The van der Waals surface area contributed by atoms with Gasteiger partial charge in [0.1, 0.15) is 5.82 Å². The minimum absolute atomic E-state index is 0.129.